The van der Waals surface area contributed by atoms with Crippen LogP contribution in [0.3, 0.4) is 0 Å². The Morgan fingerprint density at radius 3 is 2.00 bits per heavy atom. The summed E-state index contributed by atoms with van der Waals surface area (Å²) in [4.78, 5) is 29.8. The third kappa shape index (κ3) is 7.94. The predicted octanol–water partition coefficient (Wildman–Crippen LogP) is 5.97. The van der Waals surface area contributed by atoms with Gasteiger partial charge in [-0.05, 0) is 67.6 Å². The van der Waals surface area contributed by atoms with Crippen LogP contribution in [0.2, 0.25) is 0 Å². The van der Waals surface area contributed by atoms with Gasteiger partial charge in [-0.25, -0.2) is 8.42 Å². The fourth-order valence-corrected chi connectivity index (χ4v) is 6.53. The first-order valence-electron chi connectivity index (χ1n) is 14.9. The second kappa shape index (κ2) is 14.8. The van der Waals surface area contributed by atoms with E-state index in [1.165, 1.54) is 9.21 Å². The van der Waals surface area contributed by atoms with Crippen molar-refractivity contribution in [1.82, 2.24) is 10.2 Å². The molecule has 0 bridgehead atoms. The van der Waals surface area contributed by atoms with Gasteiger partial charge in [0.2, 0.25) is 11.8 Å². The van der Waals surface area contributed by atoms with Gasteiger partial charge >= 0.3 is 0 Å². The third-order valence-corrected chi connectivity index (χ3v) is 9.52. The Kier molecular flexibility index (Phi) is 11.0. The molecule has 0 unspecified atom stereocenters. The fraction of sp³-hybridized carbons (Fsp3) is 0.278. The van der Waals surface area contributed by atoms with E-state index in [9.17, 15) is 18.0 Å². The van der Waals surface area contributed by atoms with Gasteiger partial charge in [0.15, 0.2) is 0 Å². The number of nitrogens with one attached hydrogen (secondary N) is 1. The second-order valence-electron chi connectivity index (χ2n) is 11.0. The molecule has 0 fully saturated rings. The monoisotopic (exact) mass is 611 g/mol. The first-order chi connectivity index (χ1) is 21.1. The molecule has 0 aliphatic heterocycles. The molecule has 0 saturated heterocycles. The Morgan fingerprint density at radius 2 is 1.39 bits per heavy atom. The molecule has 4 aromatic rings. The van der Waals surface area contributed by atoms with Gasteiger partial charge in [-0.15, -0.1) is 0 Å². The van der Waals surface area contributed by atoms with Gasteiger partial charge in [0.1, 0.15) is 12.6 Å². The zero-order valence-electron chi connectivity index (χ0n) is 25.9. The summed E-state index contributed by atoms with van der Waals surface area (Å²) in [6.07, 6.45) is 1.02. The third-order valence-electron chi connectivity index (χ3n) is 7.75. The topological polar surface area (TPSA) is 86.8 Å². The maximum absolute atomic E-state index is 14.5. The molecule has 0 radical (unpaired) electrons. The van der Waals surface area contributed by atoms with Gasteiger partial charge < -0.3 is 10.2 Å². The number of rotatable bonds is 13. The van der Waals surface area contributed by atoms with Crippen molar-refractivity contribution in [2.24, 2.45) is 0 Å². The molecule has 1 N–H and O–H groups in total. The molecule has 4 rings (SSSR count). The van der Waals surface area contributed by atoms with Gasteiger partial charge in [0, 0.05) is 19.5 Å². The van der Waals surface area contributed by atoms with Gasteiger partial charge in [-0.2, -0.15) is 0 Å². The lowest BCUT2D eigenvalue weighted by Crippen LogP contribution is -2.53. The summed E-state index contributed by atoms with van der Waals surface area (Å²) in [7, 11) is -4.15. The normalized spacial score (nSPS) is 11.9. The highest BCUT2D eigenvalue weighted by molar-refractivity contribution is 7.92. The number of carbonyl (C=O) groups excluding carboxylic acids is 2. The van der Waals surface area contributed by atoms with Crippen LogP contribution in [0.4, 0.5) is 5.69 Å². The van der Waals surface area contributed by atoms with Crippen LogP contribution in [-0.4, -0.2) is 44.3 Å². The van der Waals surface area contributed by atoms with Crippen LogP contribution in [0.25, 0.3) is 0 Å². The van der Waals surface area contributed by atoms with E-state index >= 15 is 0 Å². The number of benzene rings is 4. The number of hydrogen-bond donors (Lipinski definition) is 1. The van der Waals surface area contributed by atoms with Crippen LogP contribution in [0, 0.1) is 20.8 Å². The standard InChI is InChI=1S/C36H41N3O4S/c1-5-23-37-36(41)34(24-30-14-8-6-9-15-30)38(25-31-16-10-7-11-17-31)35(40)26-39(33-18-12-13-28(3)29(33)4)44(42,43)32-21-19-27(2)20-22-32/h6-22,34H,5,23-26H2,1-4H3,(H,37,41)/t34-/m0/s1. The molecule has 8 heteroatoms. The molecule has 0 aromatic heterocycles. The minimum atomic E-state index is -4.15. The molecular formula is C36H41N3O4S. The average Bonchev–Trinajstić information content (AvgIpc) is 3.03. The molecule has 2 amide bonds. The van der Waals surface area contributed by atoms with Crippen molar-refractivity contribution in [2.45, 2.75) is 58.0 Å². The lowest BCUT2D eigenvalue weighted by molar-refractivity contribution is -0.140. The van der Waals surface area contributed by atoms with E-state index in [0.717, 1.165) is 34.2 Å². The first kappa shape index (κ1) is 32.5. The summed E-state index contributed by atoms with van der Waals surface area (Å²) in [5, 5.41) is 2.97. The second-order valence-corrected chi connectivity index (χ2v) is 12.9. The summed E-state index contributed by atoms with van der Waals surface area (Å²) in [6.45, 7) is 7.76. The van der Waals surface area contributed by atoms with E-state index in [2.05, 4.69) is 5.32 Å². The number of nitrogens with zero attached hydrogens (tertiary/aromatic N) is 2. The molecule has 44 heavy (non-hydrogen) atoms. The van der Waals surface area contributed by atoms with E-state index in [1.54, 1.807) is 36.4 Å². The Balaban J connectivity index is 1.81. The van der Waals surface area contributed by atoms with E-state index in [4.69, 9.17) is 0 Å². The van der Waals surface area contributed by atoms with Crippen molar-refractivity contribution in [2.75, 3.05) is 17.4 Å². The SMILES string of the molecule is CCCNC(=O)[C@H](Cc1ccccc1)N(Cc1ccccc1)C(=O)CN(c1cccc(C)c1C)S(=O)(=O)c1ccc(C)cc1. The van der Waals surface area contributed by atoms with Gasteiger partial charge in [0.25, 0.3) is 10.0 Å². The molecule has 0 heterocycles. The van der Waals surface area contributed by atoms with E-state index in [1.807, 2.05) is 94.4 Å². The van der Waals surface area contributed by atoms with Crippen LogP contribution in [0.1, 0.15) is 41.2 Å². The van der Waals surface area contributed by atoms with Crippen LogP contribution >= 0.6 is 0 Å². The van der Waals surface area contributed by atoms with Crippen LogP contribution in [-0.2, 0) is 32.6 Å². The summed E-state index contributed by atoms with van der Waals surface area (Å²) in [6, 6.07) is 30.2. The molecule has 7 nitrogen and oxygen atoms in total. The molecule has 230 valence electrons. The smallest absolute Gasteiger partial charge is 0.264 e. The maximum atomic E-state index is 14.5. The zero-order valence-corrected chi connectivity index (χ0v) is 26.7. The quantitative estimate of drug-likeness (QED) is 0.202. The molecule has 0 aliphatic carbocycles. The van der Waals surface area contributed by atoms with Crippen molar-refractivity contribution in [3.05, 3.63) is 131 Å². The van der Waals surface area contributed by atoms with Gasteiger partial charge in [0.05, 0.1) is 10.6 Å². The highest BCUT2D eigenvalue weighted by Gasteiger charge is 2.35. The number of carbonyl (C=O) groups is 2. The van der Waals surface area contributed by atoms with Crippen molar-refractivity contribution in [1.29, 1.82) is 0 Å². The highest BCUT2D eigenvalue weighted by Crippen LogP contribution is 2.29. The summed E-state index contributed by atoms with van der Waals surface area (Å²) in [5.74, 6) is -0.752. The van der Waals surface area contributed by atoms with Gasteiger partial charge in [-0.3, -0.25) is 13.9 Å². The minimum Gasteiger partial charge on any atom is -0.354 e. The molecular weight excluding hydrogens is 570 g/mol. The number of amides is 2. The fourth-order valence-electron chi connectivity index (χ4n) is 5.06. The van der Waals surface area contributed by atoms with Crippen molar-refractivity contribution in [3.63, 3.8) is 0 Å². The van der Waals surface area contributed by atoms with E-state index < -0.39 is 28.5 Å². The summed E-state index contributed by atoms with van der Waals surface area (Å²) in [5.41, 5.74) is 4.74. The Hall–Kier alpha value is -4.43. The largest absolute Gasteiger partial charge is 0.354 e. The Bertz CT molecular complexity index is 1660. The highest BCUT2D eigenvalue weighted by atomic mass is 32.2. The Morgan fingerprint density at radius 1 is 0.773 bits per heavy atom. The molecule has 0 spiro atoms. The number of aryl methyl sites for hydroxylation is 2. The summed E-state index contributed by atoms with van der Waals surface area (Å²) < 4.78 is 29.7. The zero-order chi connectivity index (χ0) is 31.7. The summed E-state index contributed by atoms with van der Waals surface area (Å²) >= 11 is 0. The number of anilines is 1. The average molecular weight is 612 g/mol. The predicted molar refractivity (Wildman–Crippen MR) is 176 cm³/mol. The van der Waals surface area contributed by atoms with Crippen LogP contribution in [0.15, 0.2) is 108 Å². The minimum absolute atomic E-state index is 0.0907. The number of hydrogen-bond acceptors (Lipinski definition) is 4. The molecule has 0 saturated carbocycles. The van der Waals surface area contributed by atoms with Crippen molar-refractivity contribution >= 4 is 27.5 Å². The Labute approximate surface area is 261 Å². The first-order valence-corrected chi connectivity index (χ1v) is 16.4. The van der Waals surface area contributed by atoms with Crippen LogP contribution < -0.4 is 9.62 Å². The van der Waals surface area contributed by atoms with E-state index in [-0.39, 0.29) is 23.8 Å². The number of sulfonamides is 1. The van der Waals surface area contributed by atoms with Gasteiger partial charge in [-0.1, -0.05) is 97.4 Å². The lowest BCUT2D eigenvalue weighted by Gasteiger charge is -2.34. The maximum Gasteiger partial charge on any atom is 0.264 e. The molecule has 4 aromatic carbocycles. The van der Waals surface area contributed by atoms with Crippen LogP contribution in [0.5, 0.6) is 0 Å². The lowest BCUT2D eigenvalue weighted by atomic mass is 10.0. The van der Waals surface area contributed by atoms with E-state index in [0.29, 0.717) is 12.2 Å². The molecule has 0 aliphatic rings. The molecule has 1 atom stereocenters. The van der Waals surface area contributed by atoms with Crippen molar-refractivity contribution < 1.29 is 18.0 Å². The van der Waals surface area contributed by atoms with Crippen molar-refractivity contribution in [3.8, 4) is 0 Å².